The fraction of sp³-hybridized carbons (Fsp3) is 0.476. The summed E-state index contributed by atoms with van der Waals surface area (Å²) >= 11 is 0. The van der Waals surface area contributed by atoms with E-state index in [0.717, 1.165) is 67.5 Å². The summed E-state index contributed by atoms with van der Waals surface area (Å²) in [5.41, 5.74) is 4.03. The minimum atomic E-state index is -0.149. The summed E-state index contributed by atoms with van der Waals surface area (Å²) in [5, 5.41) is 7.37. The molecule has 0 spiro atoms. The number of ether oxygens (including phenoxy) is 1. The number of amides is 1. The van der Waals surface area contributed by atoms with E-state index in [-0.39, 0.29) is 11.9 Å². The maximum Gasteiger partial charge on any atom is 0.259 e. The normalized spacial score (nSPS) is 16.2. The van der Waals surface area contributed by atoms with E-state index in [9.17, 15) is 4.79 Å². The standard InChI is InChI=1S/C21H28N6O2/c1-4-14(2)27-15(3)17(12-22-27)21(28)23-16-5-6-18-19(11-16)25-20(24-18)13-26-7-9-29-10-8-26/h5-6,11-12,14H,4,7-10,13H2,1-3H3,(H,23,28)(H,24,25). The molecule has 2 aromatic heterocycles. The molecule has 29 heavy (non-hydrogen) atoms. The minimum absolute atomic E-state index is 0.149. The lowest BCUT2D eigenvalue weighted by Crippen LogP contribution is -2.35. The third-order valence-electron chi connectivity index (χ3n) is 5.56. The van der Waals surface area contributed by atoms with Gasteiger partial charge >= 0.3 is 0 Å². The third-order valence-corrected chi connectivity index (χ3v) is 5.56. The van der Waals surface area contributed by atoms with Crippen molar-refractivity contribution < 1.29 is 9.53 Å². The Balaban J connectivity index is 1.48. The lowest BCUT2D eigenvalue weighted by Gasteiger charge is -2.25. The molecule has 1 aliphatic heterocycles. The molecule has 3 heterocycles. The molecule has 8 nitrogen and oxygen atoms in total. The van der Waals surface area contributed by atoms with Crippen molar-refractivity contribution in [2.24, 2.45) is 0 Å². The van der Waals surface area contributed by atoms with Crippen molar-refractivity contribution in [3.8, 4) is 0 Å². The number of fused-ring (bicyclic) bond motifs is 1. The van der Waals surface area contributed by atoms with E-state index in [0.29, 0.717) is 5.56 Å². The molecule has 0 saturated carbocycles. The van der Waals surface area contributed by atoms with E-state index < -0.39 is 0 Å². The SMILES string of the molecule is CCC(C)n1ncc(C(=O)Nc2ccc3nc(CN4CCOCC4)[nH]c3c2)c1C. The van der Waals surface area contributed by atoms with Crippen molar-refractivity contribution in [1.82, 2.24) is 24.6 Å². The number of H-pyrrole nitrogens is 1. The van der Waals surface area contributed by atoms with E-state index in [1.807, 2.05) is 29.8 Å². The summed E-state index contributed by atoms with van der Waals surface area (Å²) in [5.74, 6) is 0.778. The van der Waals surface area contributed by atoms with Gasteiger partial charge in [-0.3, -0.25) is 14.4 Å². The first-order chi connectivity index (χ1) is 14.0. The average molecular weight is 396 g/mol. The fourth-order valence-corrected chi connectivity index (χ4v) is 3.65. The van der Waals surface area contributed by atoms with Crippen LogP contribution in [0.4, 0.5) is 5.69 Å². The predicted molar refractivity (Wildman–Crippen MR) is 112 cm³/mol. The summed E-state index contributed by atoms with van der Waals surface area (Å²) in [4.78, 5) is 23.1. The van der Waals surface area contributed by atoms with E-state index in [1.54, 1.807) is 6.20 Å². The van der Waals surface area contributed by atoms with Gasteiger partial charge in [-0.15, -0.1) is 0 Å². The Kier molecular flexibility index (Phi) is 5.64. The molecule has 0 radical (unpaired) electrons. The van der Waals surface area contributed by atoms with Gasteiger partial charge in [0.15, 0.2) is 0 Å². The van der Waals surface area contributed by atoms with Gasteiger partial charge in [-0.05, 0) is 38.5 Å². The Morgan fingerprint density at radius 3 is 2.90 bits per heavy atom. The summed E-state index contributed by atoms with van der Waals surface area (Å²) in [6.07, 6.45) is 2.61. The highest BCUT2D eigenvalue weighted by Gasteiger charge is 2.17. The Hall–Kier alpha value is -2.71. The van der Waals surface area contributed by atoms with Crippen molar-refractivity contribution in [2.75, 3.05) is 31.6 Å². The Morgan fingerprint density at radius 1 is 1.34 bits per heavy atom. The number of nitrogens with zero attached hydrogens (tertiary/aromatic N) is 4. The van der Waals surface area contributed by atoms with Crippen molar-refractivity contribution in [2.45, 2.75) is 39.8 Å². The first kappa shape index (κ1) is 19.6. The van der Waals surface area contributed by atoms with Crippen molar-refractivity contribution in [3.05, 3.63) is 41.5 Å². The molecule has 1 unspecified atom stereocenters. The van der Waals surface area contributed by atoms with Gasteiger partial charge in [-0.25, -0.2) is 4.98 Å². The van der Waals surface area contributed by atoms with Gasteiger partial charge in [0, 0.05) is 30.5 Å². The minimum Gasteiger partial charge on any atom is -0.379 e. The van der Waals surface area contributed by atoms with Gasteiger partial charge in [-0.1, -0.05) is 6.92 Å². The van der Waals surface area contributed by atoms with Crippen LogP contribution in [0.1, 0.15) is 48.2 Å². The molecular formula is C21H28N6O2. The number of carbonyl (C=O) groups excluding carboxylic acids is 1. The number of carbonyl (C=O) groups is 1. The van der Waals surface area contributed by atoms with Crippen LogP contribution < -0.4 is 5.32 Å². The highest BCUT2D eigenvalue weighted by atomic mass is 16.5. The zero-order valence-electron chi connectivity index (χ0n) is 17.2. The zero-order valence-corrected chi connectivity index (χ0v) is 17.2. The van der Waals surface area contributed by atoms with Crippen LogP contribution in [-0.2, 0) is 11.3 Å². The number of morpholine rings is 1. The van der Waals surface area contributed by atoms with Gasteiger partial charge in [0.05, 0.1) is 42.6 Å². The first-order valence-corrected chi connectivity index (χ1v) is 10.2. The number of aromatic nitrogens is 4. The highest BCUT2D eigenvalue weighted by molar-refractivity contribution is 6.05. The molecule has 1 aliphatic rings. The van der Waals surface area contributed by atoms with E-state index >= 15 is 0 Å². The van der Waals surface area contributed by atoms with Gasteiger partial charge in [0.2, 0.25) is 0 Å². The number of hydrogen-bond acceptors (Lipinski definition) is 5. The molecule has 1 atom stereocenters. The quantitative estimate of drug-likeness (QED) is 0.668. The van der Waals surface area contributed by atoms with Crippen LogP contribution in [0.3, 0.4) is 0 Å². The number of hydrogen-bond donors (Lipinski definition) is 2. The van der Waals surface area contributed by atoms with Crippen molar-refractivity contribution in [1.29, 1.82) is 0 Å². The summed E-state index contributed by atoms with van der Waals surface area (Å²) in [6.45, 7) is 10.3. The topological polar surface area (TPSA) is 88.1 Å². The summed E-state index contributed by atoms with van der Waals surface area (Å²) < 4.78 is 7.30. The van der Waals surface area contributed by atoms with Gasteiger partial charge in [0.25, 0.3) is 5.91 Å². The van der Waals surface area contributed by atoms with Gasteiger partial charge < -0.3 is 15.0 Å². The van der Waals surface area contributed by atoms with Crippen molar-refractivity contribution >= 4 is 22.6 Å². The van der Waals surface area contributed by atoms with Crippen molar-refractivity contribution in [3.63, 3.8) is 0 Å². The number of anilines is 1. The molecule has 154 valence electrons. The maximum absolute atomic E-state index is 12.8. The summed E-state index contributed by atoms with van der Waals surface area (Å²) in [6, 6.07) is 6.01. The highest BCUT2D eigenvalue weighted by Crippen LogP contribution is 2.21. The molecule has 0 aliphatic carbocycles. The monoisotopic (exact) mass is 396 g/mol. The molecule has 8 heteroatoms. The number of imidazole rings is 1. The largest absolute Gasteiger partial charge is 0.379 e. The molecule has 0 bridgehead atoms. The maximum atomic E-state index is 12.8. The van der Waals surface area contributed by atoms with Crippen LogP contribution in [0.15, 0.2) is 24.4 Å². The predicted octanol–water partition coefficient (Wildman–Crippen LogP) is 3.12. The molecule has 2 N–H and O–H groups in total. The first-order valence-electron chi connectivity index (χ1n) is 10.2. The Bertz CT molecular complexity index is 1000. The Labute approximate surface area is 170 Å². The lowest BCUT2D eigenvalue weighted by atomic mass is 10.2. The van der Waals surface area contributed by atoms with Crippen LogP contribution in [0, 0.1) is 6.92 Å². The second-order valence-corrected chi connectivity index (χ2v) is 7.60. The fourth-order valence-electron chi connectivity index (χ4n) is 3.65. The third kappa shape index (κ3) is 4.18. The second-order valence-electron chi connectivity index (χ2n) is 7.60. The zero-order chi connectivity index (χ0) is 20.4. The van der Waals surface area contributed by atoms with Crippen LogP contribution >= 0.6 is 0 Å². The van der Waals surface area contributed by atoms with Crippen LogP contribution in [0.25, 0.3) is 11.0 Å². The number of nitrogens with one attached hydrogen (secondary N) is 2. The Morgan fingerprint density at radius 2 is 2.14 bits per heavy atom. The second kappa shape index (κ2) is 8.34. The number of rotatable bonds is 6. The smallest absolute Gasteiger partial charge is 0.259 e. The molecule has 1 saturated heterocycles. The van der Waals surface area contributed by atoms with E-state index in [1.165, 1.54) is 0 Å². The average Bonchev–Trinajstić information content (AvgIpc) is 3.30. The number of aromatic amines is 1. The lowest BCUT2D eigenvalue weighted by molar-refractivity contribution is 0.0332. The van der Waals surface area contributed by atoms with Crippen LogP contribution in [-0.4, -0.2) is 56.9 Å². The van der Waals surface area contributed by atoms with Gasteiger partial charge in [0.1, 0.15) is 5.82 Å². The molecule has 1 amide bonds. The van der Waals surface area contributed by atoms with E-state index in [4.69, 9.17) is 4.74 Å². The van der Waals surface area contributed by atoms with Gasteiger partial charge in [-0.2, -0.15) is 5.10 Å². The molecular weight excluding hydrogens is 368 g/mol. The number of benzene rings is 1. The summed E-state index contributed by atoms with van der Waals surface area (Å²) in [7, 11) is 0. The molecule has 1 aromatic carbocycles. The molecule has 3 aromatic rings. The van der Waals surface area contributed by atoms with Crippen LogP contribution in [0.5, 0.6) is 0 Å². The van der Waals surface area contributed by atoms with Crippen LogP contribution in [0.2, 0.25) is 0 Å². The molecule has 4 rings (SSSR count). The van der Waals surface area contributed by atoms with E-state index in [2.05, 4.69) is 39.1 Å². The molecule has 1 fully saturated rings.